The maximum absolute atomic E-state index is 12.0. The molecular weight excluding hydrogens is 224 g/mol. The van der Waals surface area contributed by atoms with E-state index in [4.69, 9.17) is 0 Å². The molecule has 0 saturated heterocycles. The van der Waals surface area contributed by atoms with Crippen LogP contribution < -0.4 is 10.6 Å². The number of rotatable bonds is 5. The molecule has 0 spiro atoms. The summed E-state index contributed by atoms with van der Waals surface area (Å²) in [7, 11) is 1.87. The highest BCUT2D eigenvalue weighted by Gasteiger charge is 2.36. The molecule has 0 unspecified atom stereocenters. The van der Waals surface area contributed by atoms with Crippen molar-refractivity contribution >= 4 is 5.91 Å². The van der Waals surface area contributed by atoms with Crippen LogP contribution in [0.3, 0.4) is 0 Å². The van der Waals surface area contributed by atoms with Gasteiger partial charge in [-0.05, 0) is 25.5 Å². The topological polar surface area (TPSA) is 41.1 Å². The molecule has 0 aliphatic heterocycles. The largest absolute Gasteiger partial charge is 0.347 e. The zero-order valence-electron chi connectivity index (χ0n) is 11.0. The molecule has 3 nitrogen and oxygen atoms in total. The number of carbonyl (C=O) groups is 1. The van der Waals surface area contributed by atoms with Gasteiger partial charge in [0.25, 0.3) is 0 Å². The van der Waals surface area contributed by atoms with Gasteiger partial charge in [0.2, 0.25) is 5.91 Å². The van der Waals surface area contributed by atoms with Gasteiger partial charge in [0.15, 0.2) is 0 Å². The van der Waals surface area contributed by atoms with Gasteiger partial charge < -0.3 is 10.6 Å². The summed E-state index contributed by atoms with van der Waals surface area (Å²) in [6.45, 7) is 0.733. The Morgan fingerprint density at radius 2 is 1.89 bits per heavy atom. The van der Waals surface area contributed by atoms with Crippen LogP contribution in [-0.2, 0) is 10.3 Å². The number of amides is 1. The molecule has 0 radical (unpaired) electrons. The van der Waals surface area contributed by atoms with Gasteiger partial charge in [-0.1, -0.05) is 43.2 Å². The second-order valence-electron chi connectivity index (χ2n) is 5.06. The van der Waals surface area contributed by atoms with Crippen LogP contribution in [0.15, 0.2) is 30.3 Å². The van der Waals surface area contributed by atoms with Gasteiger partial charge in [-0.25, -0.2) is 0 Å². The molecule has 98 valence electrons. The van der Waals surface area contributed by atoms with E-state index in [0.29, 0.717) is 6.42 Å². The van der Waals surface area contributed by atoms with E-state index in [1.807, 2.05) is 13.1 Å². The SMILES string of the molecule is CNCCC(=O)NC1(c2ccccc2)CCCC1. The minimum absolute atomic E-state index is 0.119. The highest BCUT2D eigenvalue weighted by Crippen LogP contribution is 2.38. The highest BCUT2D eigenvalue weighted by molar-refractivity contribution is 5.77. The fraction of sp³-hybridized carbons (Fsp3) is 0.533. The molecule has 1 aliphatic rings. The predicted molar refractivity (Wildman–Crippen MR) is 73.3 cm³/mol. The number of hydrogen-bond acceptors (Lipinski definition) is 2. The number of carbonyl (C=O) groups excluding carboxylic acids is 1. The lowest BCUT2D eigenvalue weighted by atomic mass is 9.88. The van der Waals surface area contributed by atoms with Crippen LogP contribution in [0.25, 0.3) is 0 Å². The van der Waals surface area contributed by atoms with Crippen molar-refractivity contribution in [1.82, 2.24) is 10.6 Å². The van der Waals surface area contributed by atoms with Crippen LogP contribution in [0, 0.1) is 0 Å². The van der Waals surface area contributed by atoms with Crippen LogP contribution in [-0.4, -0.2) is 19.5 Å². The first-order valence-corrected chi connectivity index (χ1v) is 6.78. The predicted octanol–water partition coefficient (Wildman–Crippen LogP) is 2.18. The quantitative estimate of drug-likeness (QED) is 0.836. The zero-order chi connectivity index (χ0) is 12.8. The zero-order valence-corrected chi connectivity index (χ0v) is 11.0. The summed E-state index contributed by atoms with van der Waals surface area (Å²) in [6, 6.07) is 10.4. The molecule has 18 heavy (non-hydrogen) atoms. The first kappa shape index (κ1) is 13.1. The molecule has 1 saturated carbocycles. The summed E-state index contributed by atoms with van der Waals surface area (Å²) in [5.41, 5.74) is 1.13. The Labute approximate surface area is 109 Å². The molecule has 1 fully saturated rings. The molecule has 0 heterocycles. The van der Waals surface area contributed by atoms with Gasteiger partial charge in [0.05, 0.1) is 5.54 Å². The van der Waals surface area contributed by atoms with Crippen LogP contribution in [0.1, 0.15) is 37.7 Å². The van der Waals surface area contributed by atoms with Gasteiger partial charge in [-0.3, -0.25) is 4.79 Å². The standard InChI is InChI=1S/C15H22N2O/c1-16-12-9-14(18)17-15(10-5-6-11-15)13-7-3-2-4-8-13/h2-4,7-8,16H,5-6,9-12H2,1H3,(H,17,18). The van der Waals surface area contributed by atoms with Crippen molar-refractivity contribution in [3.05, 3.63) is 35.9 Å². The van der Waals surface area contributed by atoms with Crippen molar-refractivity contribution in [3.63, 3.8) is 0 Å². The molecule has 1 aliphatic carbocycles. The van der Waals surface area contributed by atoms with Gasteiger partial charge in [-0.2, -0.15) is 0 Å². The number of nitrogens with one attached hydrogen (secondary N) is 2. The Morgan fingerprint density at radius 3 is 2.50 bits per heavy atom. The summed E-state index contributed by atoms with van der Waals surface area (Å²) in [5, 5.41) is 6.28. The van der Waals surface area contributed by atoms with E-state index in [1.165, 1.54) is 18.4 Å². The second kappa shape index (κ2) is 6.01. The summed E-state index contributed by atoms with van der Waals surface area (Å²) in [6.07, 6.45) is 5.05. The average molecular weight is 246 g/mol. The van der Waals surface area contributed by atoms with E-state index in [0.717, 1.165) is 19.4 Å². The Balaban J connectivity index is 2.10. The van der Waals surface area contributed by atoms with E-state index in [-0.39, 0.29) is 11.4 Å². The molecular formula is C15H22N2O. The summed E-state index contributed by atoms with van der Waals surface area (Å²) < 4.78 is 0. The van der Waals surface area contributed by atoms with Crippen molar-refractivity contribution < 1.29 is 4.79 Å². The molecule has 3 heteroatoms. The van der Waals surface area contributed by atoms with Crippen LogP contribution in [0.4, 0.5) is 0 Å². The molecule has 1 aromatic carbocycles. The summed E-state index contributed by atoms with van der Waals surface area (Å²) >= 11 is 0. The van der Waals surface area contributed by atoms with E-state index in [1.54, 1.807) is 0 Å². The van der Waals surface area contributed by atoms with E-state index >= 15 is 0 Å². The lowest BCUT2D eigenvalue weighted by molar-refractivity contribution is -0.123. The third-order valence-electron chi connectivity index (χ3n) is 3.76. The Kier molecular flexibility index (Phi) is 4.37. The molecule has 1 aromatic rings. The summed E-state index contributed by atoms with van der Waals surface area (Å²) in [4.78, 5) is 12.0. The van der Waals surface area contributed by atoms with Crippen LogP contribution in [0.2, 0.25) is 0 Å². The molecule has 2 N–H and O–H groups in total. The van der Waals surface area contributed by atoms with E-state index in [2.05, 4.69) is 34.9 Å². The van der Waals surface area contributed by atoms with Crippen molar-refractivity contribution in [1.29, 1.82) is 0 Å². The molecule has 0 atom stereocenters. The van der Waals surface area contributed by atoms with Gasteiger partial charge in [-0.15, -0.1) is 0 Å². The smallest absolute Gasteiger partial charge is 0.221 e. The second-order valence-corrected chi connectivity index (χ2v) is 5.06. The lowest BCUT2D eigenvalue weighted by Gasteiger charge is -2.31. The van der Waals surface area contributed by atoms with Crippen LogP contribution >= 0.6 is 0 Å². The highest BCUT2D eigenvalue weighted by atomic mass is 16.1. The lowest BCUT2D eigenvalue weighted by Crippen LogP contribution is -2.44. The Hall–Kier alpha value is -1.35. The molecule has 0 bridgehead atoms. The maximum Gasteiger partial charge on any atom is 0.221 e. The first-order chi connectivity index (χ1) is 8.77. The number of hydrogen-bond donors (Lipinski definition) is 2. The van der Waals surface area contributed by atoms with E-state index < -0.39 is 0 Å². The Morgan fingerprint density at radius 1 is 1.22 bits per heavy atom. The molecule has 1 amide bonds. The third kappa shape index (κ3) is 2.91. The minimum Gasteiger partial charge on any atom is -0.347 e. The minimum atomic E-state index is -0.119. The van der Waals surface area contributed by atoms with E-state index in [9.17, 15) is 4.79 Å². The van der Waals surface area contributed by atoms with Gasteiger partial charge in [0, 0.05) is 13.0 Å². The average Bonchev–Trinajstić information content (AvgIpc) is 2.87. The summed E-state index contributed by atoms with van der Waals surface area (Å²) in [5.74, 6) is 0.148. The van der Waals surface area contributed by atoms with Crippen molar-refractivity contribution in [2.45, 2.75) is 37.6 Å². The Bertz CT molecular complexity index is 383. The molecule has 0 aromatic heterocycles. The van der Waals surface area contributed by atoms with Crippen molar-refractivity contribution in [2.24, 2.45) is 0 Å². The first-order valence-electron chi connectivity index (χ1n) is 6.78. The van der Waals surface area contributed by atoms with Gasteiger partial charge >= 0.3 is 0 Å². The third-order valence-corrected chi connectivity index (χ3v) is 3.76. The monoisotopic (exact) mass is 246 g/mol. The normalized spacial score (nSPS) is 17.6. The van der Waals surface area contributed by atoms with Crippen LogP contribution in [0.5, 0.6) is 0 Å². The fourth-order valence-electron chi connectivity index (χ4n) is 2.79. The number of benzene rings is 1. The van der Waals surface area contributed by atoms with Crippen molar-refractivity contribution in [3.8, 4) is 0 Å². The maximum atomic E-state index is 12.0. The molecule has 2 rings (SSSR count). The van der Waals surface area contributed by atoms with Gasteiger partial charge in [0.1, 0.15) is 0 Å². The van der Waals surface area contributed by atoms with Crippen molar-refractivity contribution in [2.75, 3.05) is 13.6 Å². The fourth-order valence-corrected chi connectivity index (χ4v) is 2.79.